The monoisotopic (exact) mass is 554 g/mol. The van der Waals surface area contributed by atoms with Crippen LogP contribution in [0.1, 0.15) is 63.1 Å². The van der Waals surface area contributed by atoms with Crippen LogP contribution in [0.2, 0.25) is 0 Å². The first kappa shape index (κ1) is 29.8. The van der Waals surface area contributed by atoms with Crippen molar-refractivity contribution in [2.24, 2.45) is 0 Å². The predicted molar refractivity (Wildman–Crippen MR) is 163 cm³/mol. The van der Waals surface area contributed by atoms with Crippen molar-refractivity contribution in [1.29, 1.82) is 0 Å². The first-order chi connectivity index (χ1) is 19.9. The smallest absolute Gasteiger partial charge is 0.306 e. The summed E-state index contributed by atoms with van der Waals surface area (Å²) in [6.45, 7) is 7.36. The van der Waals surface area contributed by atoms with E-state index < -0.39 is 0 Å². The Morgan fingerprint density at radius 2 is 1.83 bits per heavy atom. The lowest BCUT2D eigenvalue weighted by Crippen LogP contribution is -2.25. The number of hydrogen-bond acceptors (Lipinski definition) is 3. The van der Waals surface area contributed by atoms with Gasteiger partial charge in [-0.05, 0) is 79.1 Å². The molecule has 1 unspecified atom stereocenters. The minimum Gasteiger partial charge on any atom is -0.462 e. The standard InChI is InChI=1S/C27H30FNO2.C8H9NO/c1-18(2)26-19(3)25(20-8-5-4-6-9-20)27(21-12-14-22(28)15-13-21)29(26)17-16-23-10-7-11-24(30)31-23;10-7-9-8-5-3-1-2-4-6-8/h4-6,8-9,12-15,18,23H,7,10-11,16-17H2,1-3H3;1-3,5-7H,4H2,(H,9,10). The average molecular weight is 555 g/mol. The van der Waals surface area contributed by atoms with Crippen molar-refractivity contribution in [3.8, 4) is 22.4 Å². The first-order valence-corrected chi connectivity index (χ1v) is 14.4. The molecule has 1 fully saturated rings. The molecule has 0 spiro atoms. The summed E-state index contributed by atoms with van der Waals surface area (Å²) < 4.78 is 21.7. The molecule has 0 saturated carbocycles. The van der Waals surface area contributed by atoms with Crippen LogP contribution in [0, 0.1) is 12.7 Å². The number of hydrogen-bond donors (Lipinski definition) is 1. The van der Waals surface area contributed by atoms with Crippen LogP contribution >= 0.6 is 0 Å². The summed E-state index contributed by atoms with van der Waals surface area (Å²) in [6, 6.07) is 17.2. The molecule has 0 radical (unpaired) electrons. The number of aromatic nitrogens is 1. The van der Waals surface area contributed by atoms with Crippen LogP contribution in [0.15, 0.2) is 90.7 Å². The van der Waals surface area contributed by atoms with Crippen LogP contribution in [-0.4, -0.2) is 23.1 Å². The van der Waals surface area contributed by atoms with E-state index >= 15 is 0 Å². The lowest BCUT2D eigenvalue weighted by Gasteiger charge is -2.24. The summed E-state index contributed by atoms with van der Waals surface area (Å²) >= 11 is 0. The molecule has 2 heterocycles. The van der Waals surface area contributed by atoms with E-state index in [4.69, 9.17) is 4.74 Å². The second-order valence-electron chi connectivity index (χ2n) is 10.7. The Balaban J connectivity index is 0.000000328. The van der Waals surface area contributed by atoms with E-state index in [1.807, 2.05) is 48.6 Å². The van der Waals surface area contributed by atoms with Crippen molar-refractivity contribution in [1.82, 2.24) is 9.88 Å². The van der Waals surface area contributed by atoms with E-state index in [-0.39, 0.29) is 17.9 Å². The second-order valence-corrected chi connectivity index (χ2v) is 10.7. The lowest BCUT2D eigenvalue weighted by molar-refractivity contribution is -0.154. The van der Waals surface area contributed by atoms with E-state index in [1.165, 1.54) is 29.0 Å². The molecule has 2 aliphatic rings. The fourth-order valence-electron chi connectivity index (χ4n) is 5.62. The zero-order valence-corrected chi connectivity index (χ0v) is 24.1. The highest BCUT2D eigenvalue weighted by molar-refractivity contribution is 5.85. The van der Waals surface area contributed by atoms with Crippen molar-refractivity contribution < 1.29 is 18.7 Å². The molecule has 1 saturated heterocycles. The van der Waals surface area contributed by atoms with Crippen molar-refractivity contribution in [3.63, 3.8) is 0 Å². The van der Waals surface area contributed by atoms with Gasteiger partial charge in [-0.3, -0.25) is 9.59 Å². The molecule has 6 heteroatoms. The Bertz CT molecular complexity index is 1420. The van der Waals surface area contributed by atoms with Gasteiger partial charge in [0.15, 0.2) is 0 Å². The zero-order valence-electron chi connectivity index (χ0n) is 24.1. The van der Waals surface area contributed by atoms with Gasteiger partial charge in [0.25, 0.3) is 0 Å². The number of nitrogens with zero attached hydrogens (tertiary/aromatic N) is 1. The average Bonchev–Trinajstić information content (AvgIpc) is 3.08. The summed E-state index contributed by atoms with van der Waals surface area (Å²) in [5.41, 5.74) is 7.84. The van der Waals surface area contributed by atoms with Gasteiger partial charge in [-0.2, -0.15) is 0 Å². The van der Waals surface area contributed by atoms with Crippen LogP contribution in [-0.2, 0) is 20.9 Å². The molecule has 41 heavy (non-hydrogen) atoms. The number of ether oxygens (including phenoxy) is 1. The summed E-state index contributed by atoms with van der Waals surface area (Å²) in [5.74, 6) is -0.00337. The molecule has 2 aromatic carbocycles. The van der Waals surface area contributed by atoms with Crippen LogP contribution in [0.3, 0.4) is 0 Å². The second kappa shape index (κ2) is 14.4. The number of halogens is 1. The predicted octanol–water partition coefficient (Wildman–Crippen LogP) is 8.01. The summed E-state index contributed by atoms with van der Waals surface area (Å²) in [4.78, 5) is 21.7. The van der Waals surface area contributed by atoms with Crippen LogP contribution in [0.4, 0.5) is 4.39 Å². The molecule has 1 aromatic heterocycles. The molecule has 5 rings (SSSR count). The topological polar surface area (TPSA) is 60.3 Å². The highest BCUT2D eigenvalue weighted by atomic mass is 19.1. The number of allylic oxidation sites excluding steroid dienone is 5. The van der Waals surface area contributed by atoms with Gasteiger partial charge in [0.05, 0.1) is 5.69 Å². The number of nitrogens with one attached hydrogen (secondary N) is 1. The van der Waals surface area contributed by atoms with Crippen molar-refractivity contribution >= 4 is 12.4 Å². The summed E-state index contributed by atoms with van der Waals surface area (Å²) in [7, 11) is 0. The molecule has 214 valence electrons. The highest BCUT2D eigenvalue weighted by Crippen LogP contribution is 2.41. The molecule has 1 amide bonds. The van der Waals surface area contributed by atoms with E-state index in [1.54, 1.807) is 0 Å². The minimum absolute atomic E-state index is 0.0368. The van der Waals surface area contributed by atoms with Crippen molar-refractivity contribution in [2.45, 2.75) is 71.4 Å². The van der Waals surface area contributed by atoms with Gasteiger partial charge in [0.2, 0.25) is 6.41 Å². The molecule has 1 atom stereocenters. The number of cyclic esters (lactones) is 1. The molecule has 1 aliphatic heterocycles. The zero-order chi connectivity index (χ0) is 29.2. The van der Waals surface area contributed by atoms with Gasteiger partial charge in [0.1, 0.15) is 11.9 Å². The molecule has 3 aromatic rings. The minimum atomic E-state index is -0.238. The SMILES string of the molecule is Cc1c(-c2ccccc2)c(-c2ccc(F)cc2)n(CCC2CCCC(=O)O2)c1C(C)C.O=CNC1=CCC=CC=C1. The lowest BCUT2D eigenvalue weighted by atomic mass is 9.96. The van der Waals surface area contributed by atoms with Gasteiger partial charge in [-0.1, -0.05) is 68.5 Å². The Hall–Kier alpha value is -4.19. The number of carbonyl (C=O) groups is 2. The Labute approximate surface area is 242 Å². The van der Waals surface area contributed by atoms with Gasteiger partial charge < -0.3 is 14.6 Å². The Kier molecular flexibility index (Phi) is 10.5. The van der Waals surface area contributed by atoms with E-state index in [9.17, 15) is 14.0 Å². The molecule has 5 nitrogen and oxygen atoms in total. The maximum atomic E-state index is 13.7. The third kappa shape index (κ3) is 7.72. The highest BCUT2D eigenvalue weighted by Gasteiger charge is 2.26. The molecular formula is C35H39FN2O3. The summed E-state index contributed by atoms with van der Waals surface area (Å²) in [6.07, 6.45) is 14.3. The summed E-state index contributed by atoms with van der Waals surface area (Å²) in [5, 5.41) is 2.58. The third-order valence-corrected chi connectivity index (χ3v) is 7.39. The van der Waals surface area contributed by atoms with Crippen LogP contribution in [0.5, 0.6) is 0 Å². The Morgan fingerprint density at radius 3 is 2.51 bits per heavy atom. The van der Waals surface area contributed by atoms with Gasteiger partial charge in [-0.15, -0.1) is 0 Å². The van der Waals surface area contributed by atoms with E-state index in [0.29, 0.717) is 18.7 Å². The largest absolute Gasteiger partial charge is 0.462 e. The van der Waals surface area contributed by atoms with Crippen LogP contribution < -0.4 is 5.32 Å². The van der Waals surface area contributed by atoms with Crippen molar-refractivity contribution in [2.75, 3.05) is 0 Å². The normalized spacial score (nSPS) is 16.4. The Morgan fingerprint density at radius 1 is 1.07 bits per heavy atom. The molecule has 0 bridgehead atoms. The van der Waals surface area contributed by atoms with Gasteiger partial charge in [0, 0.05) is 36.3 Å². The van der Waals surface area contributed by atoms with E-state index in [2.05, 4.69) is 54.9 Å². The van der Waals surface area contributed by atoms with Gasteiger partial charge >= 0.3 is 5.97 Å². The quantitative estimate of drug-likeness (QED) is 0.227. The first-order valence-electron chi connectivity index (χ1n) is 14.4. The van der Waals surface area contributed by atoms with E-state index in [0.717, 1.165) is 54.7 Å². The number of amides is 1. The third-order valence-electron chi connectivity index (χ3n) is 7.39. The number of carbonyl (C=O) groups excluding carboxylic acids is 2. The maximum absolute atomic E-state index is 13.7. The fourth-order valence-corrected chi connectivity index (χ4v) is 5.62. The molecular weight excluding hydrogens is 515 g/mol. The number of benzene rings is 2. The molecule has 1 N–H and O–H groups in total. The number of rotatable bonds is 8. The van der Waals surface area contributed by atoms with Gasteiger partial charge in [-0.25, -0.2) is 4.39 Å². The fraction of sp³-hybridized carbons (Fsp3) is 0.314. The van der Waals surface area contributed by atoms with Crippen LogP contribution in [0.25, 0.3) is 22.4 Å². The maximum Gasteiger partial charge on any atom is 0.306 e. The molecule has 1 aliphatic carbocycles. The number of esters is 1. The van der Waals surface area contributed by atoms with Crippen molar-refractivity contribution in [3.05, 3.63) is 108 Å².